The summed E-state index contributed by atoms with van der Waals surface area (Å²) in [5.41, 5.74) is -5.81. The van der Waals surface area contributed by atoms with E-state index in [1.54, 1.807) is 0 Å². The first-order chi connectivity index (χ1) is 9.79. The molecule has 0 atom stereocenters. The molecule has 0 aromatic carbocycles. The third-order valence-electron chi connectivity index (χ3n) is 1.90. The number of hydrogen-bond acceptors (Lipinski definition) is 7. The number of aromatic nitrogens is 1. The molecule has 1 rings (SSSR count). The predicted molar refractivity (Wildman–Crippen MR) is 63.2 cm³/mol. The summed E-state index contributed by atoms with van der Waals surface area (Å²) < 4.78 is 92.8. The van der Waals surface area contributed by atoms with E-state index in [9.17, 15) is 35.2 Å². The molecule has 0 aliphatic carbocycles. The molecule has 0 bridgehead atoms. The zero-order valence-corrected chi connectivity index (χ0v) is 12.5. The first-order valence-corrected chi connectivity index (χ1v) is 7.59. The maximum Gasteiger partial charge on any atom is 0.534 e. The van der Waals surface area contributed by atoms with Crippen LogP contribution >= 0.6 is 11.3 Å². The number of thiazole rings is 1. The number of ether oxygens (including phenoxy) is 1. The molecular weight excluding hydrogens is 361 g/mol. The van der Waals surface area contributed by atoms with Crippen LogP contribution in [0.5, 0.6) is 5.88 Å². The topological polar surface area (TPSA) is 82.6 Å². The summed E-state index contributed by atoms with van der Waals surface area (Å²) in [5.74, 6) is -6.35. The zero-order valence-electron chi connectivity index (χ0n) is 10.9. The van der Waals surface area contributed by atoms with E-state index in [0.29, 0.717) is 6.92 Å². The molecule has 0 amide bonds. The fraction of sp³-hybridized carbons (Fsp3) is 0.556. The molecule has 0 spiro atoms. The summed E-state index contributed by atoms with van der Waals surface area (Å²) in [7, 11) is -6.16. The van der Waals surface area contributed by atoms with Crippen LogP contribution in [0.2, 0.25) is 0 Å². The SMILES string of the molecule is CCOC(=O)c1sc(C(C)(F)F)nc1OS(=O)(=O)C(F)(F)F. The Bertz CT molecular complexity index is 661. The lowest BCUT2D eigenvalue weighted by Gasteiger charge is -2.08. The van der Waals surface area contributed by atoms with Gasteiger partial charge in [0.2, 0.25) is 0 Å². The van der Waals surface area contributed by atoms with E-state index < -0.39 is 43.3 Å². The Morgan fingerprint density at radius 3 is 2.23 bits per heavy atom. The summed E-state index contributed by atoms with van der Waals surface area (Å²) >= 11 is -0.0266. The second-order valence-corrected chi connectivity index (χ2v) is 6.28. The third kappa shape index (κ3) is 4.03. The fourth-order valence-corrected chi connectivity index (χ4v) is 2.32. The Labute approximate surface area is 125 Å². The molecule has 0 unspecified atom stereocenters. The second kappa shape index (κ2) is 5.95. The van der Waals surface area contributed by atoms with Crippen LogP contribution in [0, 0.1) is 0 Å². The van der Waals surface area contributed by atoms with E-state index in [1.165, 1.54) is 6.92 Å². The van der Waals surface area contributed by atoms with Gasteiger partial charge in [-0.25, -0.2) is 4.79 Å². The summed E-state index contributed by atoms with van der Waals surface area (Å²) in [6, 6.07) is 0. The molecule has 0 radical (unpaired) electrons. The van der Waals surface area contributed by atoms with E-state index in [4.69, 9.17) is 0 Å². The van der Waals surface area contributed by atoms with Crippen molar-refractivity contribution in [3.63, 3.8) is 0 Å². The van der Waals surface area contributed by atoms with Crippen LogP contribution in [0.3, 0.4) is 0 Å². The van der Waals surface area contributed by atoms with E-state index in [0.717, 1.165) is 0 Å². The number of esters is 1. The van der Waals surface area contributed by atoms with Gasteiger partial charge in [-0.3, -0.25) is 0 Å². The first-order valence-electron chi connectivity index (χ1n) is 5.36. The van der Waals surface area contributed by atoms with E-state index in [1.807, 2.05) is 0 Å². The maximum atomic E-state index is 13.1. The van der Waals surface area contributed by atoms with Gasteiger partial charge in [0.1, 0.15) is 0 Å². The molecule has 0 fully saturated rings. The fourth-order valence-electron chi connectivity index (χ4n) is 1.03. The number of nitrogens with zero attached hydrogens (tertiary/aromatic N) is 1. The Kier molecular flexibility index (Phi) is 5.01. The van der Waals surface area contributed by atoms with Gasteiger partial charge < -0.3 is 8.92 Å². The normalized spacial score (nSPS) is 13.0. The van der Waals surface area contributed by atoms with Crippen LogP contribution in [-0.2, 0) is 20.8 Å². The van der Waals surface area contributed by atoms with Crippen LogP contribution in [0.15, 0.2) is 0 Å². The summed E-state index contributed by atoms with van der Waals surface area (Å²) in [5, 5.41) is -1.09. The molecule has 0 saturated carbocycles. The molecule has 0 aliphatic heterocycles. The number of alkyl halides is 5. The number of carbonyl (C=O) groups is 1. The van der Waals surface area contributed by atoms with Crippen molar-refractivity contribution in [3.05, 3.63) is 9.88 Å². The molecule has 1 aromatic heterocycles. The van der Waals surface area contributed by atoms with Crippen molar-refractivity contribution in [1.82, 2.24) is 4.98 Å². The number of carbonyl (C=O) groups excluding carboxylic acids is 1. The lowest BCUT2D eigenvalue weighted by molar-refractivity contribution is -0.0501. The minimum Gasteiger partial charge on any atom is -0.462 e. The molecule has 0 aliphatic rings. The highest BCUT2D eigenvalue weighted by Gasteiger charge is 2.50. The Balaban J connectivity index is 3.34. The van der Waals surface area contributed by atoms with Gasteiger partial charge in [-0.05, 0) is 6.92 Å². The minimum absolute atomic E-state index is 0.0266. The van der Waals surface area contributed by atoms with Crippen molar-refractivity contribution in [2.45, 2.75) is 25.3 Å². The van der Waals surface area contributed by atoms with Crippen LogP contribution in [0.1, 0.15) is 28.5 Å². The standard InChI is InChI=1S/C9H8F5NO5S2/c1-3-19-6(16)4-5(15-7(21-4)8(2,10)11)20-22(17,18)9(12,13)14/h3H2,1-2H3. The smallest absolute Gasteiger partial charge is 0.462 e. The van der Waals surface area contributed by atoms with Crippen molar-refractivity contribution >= 4 is 27.4 Å². The maximum absolute atomic E-state index is 13.1. The lowest BCUT2D eigenvalue weighted by atomic mass is 10.4. The van der Waals surface area contributed by atoms with Gasteiger partial charge in [-0.1, -0.05) is 0 Å². The molecule has 1 aromatic rings. The quantitative estimate of drug-likeness (QED) is 0.343. The Hall–Kier alpha value is -1.50. The first kappa shape index (κ1) is 18.5. The lowest BCUT2D eigenvalue weighted by Crippen LogP contribution is -2.28. The van der Waals surface area contributed by atoms with Crippen molar-refractivity contribution < 1.29 is 44.1 Å². The number of halogens is 5. The van der Waals surface area contributed by atoms with Crippen LogP contribution < -0.4 is 4.18 Å². The van der Waals surface area contributed by atoms with Crippen LogP contribution in [0.25, 0.3) is 0 Å². The monoisotopic (exact) mass is 369 g/mol. The molecular formula is C9H8F5NO5S2. The van der Waals surface area contributed by atoms with Gasteiger partial charge in [0.05, 0.1) is 6.61 Å². The van der Waals surface area contributed by atoms with Gasteiger partial charge in [-0.15, -0.1) is 11.3 Å². The van der Waals surface area contributed by atoms with Crippen LogP contribution in [0.4, 0.5) is 22.0 Å². The average molecular weight is 369 g/mol. The second-order valence-electron chi connectivity index (χ2n) is 3.75. The van der Waals surface area contributed by atoms with Gasteiger partial charge in [0.15, 0.2) is 9.88 Å². The molecule has 22 heavy (non-hydrogen) atoms. The van der Waals surface area contributed by atoms with E-state index in [2.05, 4.69) is 13.9 Å². The van der Waals surface area contributed by atoms with Crippen molar-refractivity contribution in [2.75, 3.05) is 6.61 Å². The van der Waals surface area contributed by atoms with Gasteiger partial charge in [0, 0.05) is 6.92 Å². The largest absolute Gasteiger partial charge is 0.534 e. The molecule has 13 heteroatoms. The highest BCUT2D eigenvalue weighted by atomic mass is 32.2. The summed E-state index contributed by atoms with van der Waals surface area (Å²) in [4.78, 5) is 13.5. The van der Waals surface area contributed by atoms with Crippen molar-refractivity contribution in [3.8, 4) is 5.88 Å². The third-order valence-corrected chi connectivity index (χ3v) is 4.04. The molecule has 126 valence electrons. The number of rotatable bonds is 5. The van der Waals surface area contributed by atoms with Gasteiger partial charge in [-0.2, -0.15) is 35.4 Å². The molecule has 6 nitrogen and oxygen atoms in total. The summed E-state index contributed by atoms with van der Waals surface area (Å²) in [6.45, 7) is 1.49. The highest BCUT2D eigenvalue weighted by Crippen LogP contribution is 2.38. The Morgan fingerprint density at radius 1 is 1.27 bits per heavy atom. The summed E-state index contributed by atoms with van der Waals surface area (Å²) in [6.07, 6.45) is 0. The van der Waals surface area contributed by atoms with Crippen molar-refractivity contribution in [2.24, 2.45) is 0 Å². The average Bonchev–Trinajstić information content (AvgIpc) is 2.70. The zero-order chi connectivity index (χ0) is 17.3. The van der Waals surface area contributed by atoms with Crippen LogP contribution in [-0.4, -0.2) is 31.5 Å². The highest BCUT2D eigenvalue weighted by molar-refractivity contribution is 7.88. The van der Waals surface area contributed by atoms with E-state index in [-0.39, 0.29) is 17.9 Å². The Morgan fingerprint density at radius 2 is 1.82 bits per heavy atom. The molecule has 0 N–H and O–H groups in total. The molecule has 1 heterocycles. The van der Waals surface area contributed by atoms with Crippen molar-refractivity contribution in [1.29, 1.82) is 0 Å². The van der Waals surface area contributed by atoms with E-state index >= 15 is 0 Å². The molecule has 0 saturated heterocycles. The predicted octanol–water partition coefficient (Wildman–Crippen LogP) is 2.66. The van der Waals surface area contributed by atoms with Gasteiger partial charge >= 0.3 is 21.6 Å². The number of hydrogen-bond donors (Lipinski definition) is 0. The van der Waals surface area contributed by atoms with Gasteiger partial charge in [0.25, 0.3) is 11.8 Å². The minimum atomic E-state index is -6.16.